The summed E-state index contributed by atoms with van der Waals surface area (Å²) in [5.74, 6) is 0.866. The van der Waals surface area contributed by atoms with Gasteiger partial charge in [-0.3, -0.25) is 0 Å². The van der Waals surface area contributed by atoms with Crippen LogP contribution in [0.1, 0.15) is 31.7 Å². The highest BCUT2D eigenvalue weighted by Gasteiger charge is 2.39. The summed E-state index contributed by atoms with van der Waals surface area (Å²) in [6.45, 7) is 4.06. The fraction of sp³-hybridized carbons (Fsp3) is 0.462. The number of guanidine groups is 1. The third kappa shape index (κ3) is 3.30. The van der Waals surface area contributed by atoms with Crippen LogP contribution < -0.4 is 11.1 Å². The van der Waals surface area contributed by atoms with Crippen LogP contribution in [0.15, 0.2) is 23.2 Å². The lowest BCUT2D eigenvalue weighted by Crippen LogP contribution is -2.37. The van der Waals surface area contributed by atoms with Crippen molar-refractivity contribution in [3.63, 3.8) is 0 Å². The van der Waals surface area contributed by atoms with E-state index < -0.39 is 0 Å². The first-order valence-electron chi connectivity index (χ1n) is 6.02. The molecule has 1 saturated carbocycles. The second-order valence-corrected chi connectivity index (χ2v) is 5.73. The van der Waals surface area contributed by atoms with Gasteiger partial charge in [0, 0.05) is 22.0 Å². The lowest BCUT2D eigenvalue weighted by Gasteiger charge is -2.08. The predicted octanol–water partition coefficient (Wildman–Crippen LogP) is 3.16. The highest BCUT2D eigenvalue weighted by molar-refractivity contribution is 6.35. The highest BCUT2D eigenvalue weighted by atomic mass is 35.5. The Bertz CT molecular complexity index is 471. The van der Waals surface area contributed by atoms with Crippen LogP contribution in [0.2, 0.25) is 10.0 Å². The van der Waals surface area contributed by atoms with Gasteiger partial charge in [0.05, 0.1) is 6.04 Å². The van der Waals surface area contributed by atoms with Gasteiger partial charge >= 0.3 is 0 Å². The van der Waals surface area contributed by atoms with Crippen molar-refractivity contribution in [3.05, 3.63) is 33.8 Å². The summed E-state index contributed by atoms with van der Waals surface area (Å²) in [6, 6.07) is 6.13. The SMILES string of the molecule is CC(C)NC(N)=N[C@@H]1C[C@H]1c1ccc(Cl)cc1Cl. The molecule has 18 heavy (non-hydrogen) atoms. The molecule has 2 atom stereocenters. The maximum atomic E-state index is 6.17. The summed E-state index contributed by atoms with van der Waals surface area (Å²) in [7, 11) is 0. The normalized spacial score (nSPS) is 23.3. The summed E-state index contributed by atoms with van der Waals surface area (Å²) in [5, 5.41) is 4.45. The number of halogens is 2. The zero-order valence-electron chi connectivity index (χ0n) is 10.5. The van der Waals surface area contributed by atoms with Crippen LogP contribution in [0.3, 0.4) is 0 Å². The molecule has 2 rings (SSSR count). The lowest BCUT2D eigenvalue weighted by atomic mass is 10.1. The number of nitrogens with two attached hydrogens (primary N) is 1. The van der Waals surface area contributed by atoms with Crippen molar-refractivity contribution in [1.29, 1.82) is 0 Å². The van der Waals surface area contributed by atoms with Crippen LogP contribution in [0.4, 0.5) is 0 Å². The van der Waals surface area contributed by atoms with Crippen molar-refractivity contribution in [2.45, 2.75) is 38.3 Å². The van der Waals surface area contributed by atoms with Crippen molar-refractivity contribution in [1.82, 2.24) is 5.32 Å². The fourth-order valence-electron chi connectivity index (χ4n) is 1.97. The minimum Gasteiger partial charge on any atom is -0.370 e. The van der Waals surface area contributed by atoms with Crippen LogP contribution in [-0.4, -0.2) is 18.0 Å². The Labute approximate surface area is 117 Å². The first-order valence-corrected chi connectivity index (χ1v) is 6.77. The Kier molecular flexibility index (Phi) is 4.03. The molecule has 0 unspecified atom stereocenters. The number of nitrogens with zero attached hydrogens (tertiary/aromatic N) is 1. The highest BCUT2D eigenvalue weighted by Crippen LogP contribution is 2.46. The largest absolute Gasteiger partial charge is 0.370 e. The Morgan fingerprint density at radius 3 is 2.78 bits per heavy atom. The van der Waals surface area contributed by atoms with Crippen molar-refractivity contribution in [2.24, 2.45) is 10.7 Å². The number of nitrogens with one attached hydrogen (secondary N) is 1. The minimum absolute atomic E-state index is 0.231. The van der Waals surface area contributed by atoms with Gasteiger partial charge < -0.3 is 11.1 Å². The van der Waals surface area contributed by atoms with Crippen LogP contribution in [-0.2, 0) is 0 Å². The molecule has 0 heterocycles. The van der Waals surface area contributed by atoms with E-state index in [4.69, 9.17) is 28.9 Å². The van der Waals surface area contributed by atoms with E-state index in [0.29, 0.717) is 28.0 Å². The smallest absolute Gasteiger partial charge is 0.189 e. The second-order valence-electron chi connectivity index (χ2n) is 4.89. The van der Waals surface area contributed by atoms with Crippen LogP contribution in [0, 0.1) is 0 Å². The quantitative estimate of drug-likeness (QED) is 0.662. The van der Waals surface area contributed by atoms with Gasteiger partial charge in [0.15, 0.2) is 5.96 Å². The van der Waals surface area contributed by atoms with E-state index in [2.05, 4.69) is 10.3 Å². The molecule has 0 radical (unpaired) electrons. The molecule has 3 N–H and O–H groups in total. The average Bonchev–Trinajstić information content (AvgIpc) is 2.95. The third-order valence-electron chi connectivity index (χ3n) is 2.86. The average molecular weight is 286 g/mol. The summed E-state index contributed by atoms with van der Waals surface area (Å²) >= 11 is 12.0. The van der Waals surface area contributed by atoms with E-state index >= 15 is 0 Å². The zero-order valence-corrected chi connectivity index (χ0v) is 12.0. The zero-order chi connectivity index (χ0) is 13.3. The summed E-state index contributed by atoms with van der Waals surface area (Å²) < 4.78 is 0. The van der Waals surface area contributed by atoms with E-state index in [9.17, 15) is 0 Å². The predicted molar refractivity (Wildman–Crippen MR) is 77.5 cm³/mol. The maximum Gasteiger partial charge on any atom is 0.189 e. The third-order valence-corrected chi connectivity index (χ3v) is 3.42. The van der Waals surface area contributed by atoms with E-state index in [-0.39, 0.29) is 6.04 Å². The van der Waals surface area contributed by atoms with Crippen molar-refractivity contribution < 1.29 is 0 Å². The monoisotopic (exact) mass is 285 g/mol. The first kappa shape index (κ1) is 13.5. The van der Waals surface area contributed by atoms with Crippen molar-refractivity contribution in [2.75, 3.05) is 0 Å². The Morgan fingerprint density at radius 2 is 2.17 bits per heavy atom. The molecule has 1 aromatic carbocycles. The standard InChI is InChI=1S/C13H17Cl2N3/c1-7(2)17-13(16)18-12-6-10(12)9-4-3-8(14)5-11(9)15/h3-5,7,10,12H,6H2,1-2H3,(H3,16,17,18)/t10-,12+/m0/s1. The summed E-state index contributed by atoms with van der Waals surface area (Å²) in [6.07, 6.45) is 0.988. The van der Waals surface area contributed by atoms with Gasteiger partial charge in [0.2, 0.25) is 0 Å². The van der Waals surface area contributed by atoms with Crippen molar-refractivity contribution >= 4 is 29.2 Å². The Morgan fingerprint density at radius 1 is 1.44 bits per heavy atom. The molecular formula is C13H17Cl2N3. The molecule has 0 saturated heterocycles. The van der Waals surface area contributed by atoms with Gasteiger partial charge in [-0.1, -0.05) is 29.3 Å². The summed E-state index contributed by atoms with van der Waals surface area (Å²) in [5.41, 5.74) is 6.91. The maximum absolute atomic E-state index is 6.17. The molecule has 1 aliphatic carbocycles. The van der Waals surface area contributed by atoms with Gasteiger partial charge in [-0.2, -0.15) is 0 Å². The molecule has 1 fully saturated rings. The lowest BCUT2D eigenvalue weighted by molar-refractivity contribution is 0.722. The van der Waals surface area contributed by atoms with E-state index in [0.717, 1.165) is 12.0 Å². The molecule has 0 aromatic heterocycles. The molecule has 0 amide bonds. The molecule has 0 spiro atoms. The molecule has 5 heteroatoms. The Hall–Kier alpha value is -0.930. The molecule has 98 valence electrons. The van der Waals surface area contributed by atoms with E-state index in [1.807, 2.05) is 26.0 Å². The summed E-state index contributed by atoms with van der Waals surface area (Å²) in [4.78, 5) is 4.44. The first-order chi connectivity index (χ1) is 8.47. The molecule has 3 nitrogen and oxygen atoms in total. The number of benzene rings is 1. The van der Waals surface area contributed by atoms with Crippen LogP contribution in [0.25, 0.3) is 0 Å². The van der Waals surface area contributed by atoms with Gasteiger partial charge in [0.1, 0.15) is 0 Å². The van der Waals surface area contributed by atoms with Gasteiger partial charge in [-0.05, 0) is 38.0 Å². The second kappa shape index (κ2) is 5.37. The topological polar surface area (TPSA) is 50.4 Å². The number of aliphatic imine (C=N–C) groups is 1. The van der Waals surface area contributed by atoms with Gasteiger partial charge in [-0.15, -0.1) is 0 Å². The Balaban J connectivity index is 2.03. The van der Waals surface area contributed by atoms with Gasteiger partial charge in [0.25, 0.3) is 0 Å². The molecule has 1 aromatic rings. The van der Waals surface area contributed by atoms with Crippen LogP contribution in [0.5, 0.6) is 0 Å². The van der Waals surface area contributed by atoms with E-state index in [1.165, 1.54) is 0 Å². The van der Waals surface area contributed by atoms with Gasteiger partial charge in [-0.25, -0.2) is 4.99 Å². The number of rotatable bonds is 3. The number of hydrogen-bond donors (Lipinski definition) is 2. The van der Waals surface area contributed by atoms with Crippen molar-refractivity contribution in [3.8, 4) is 0 Å². The molecule has 1 aliphatic rings. The minimum atomic E-state index is 0.231. The fourth-order valence-corrected chi connectivity index (χ4v) is 2.52. The molecule has 0 bridgehead atoms. The molecular weight excluding hydrogens is 269 g/mol. The number of hydrogen-bond acceptors (Lipinski definition) is 1. The van der Waals surface area contributed by atoms with E-state index in [1.54, 1.807) is 6.07 Å². The van der Waals surface area contributed by atoms with Crippen LogP contribution >= 0.6 is 23.2 Å². The molecule has 0 aliphatic heterocycles.